The Balaban J connectivity index is 1.43. The van der Waals surface area contributed by atoms with Gasteiger partial charge in [0, 0.05) is 24.2 Å². The molecule has 142 valence electrons. The van der Waals surface area contributed by atoms with E-state index in [-0.39, 0.29) is 5.91 Å². The van der Waals surface area contributed by atoms with E-state index in [1.807, 2.05) is 28.6 Å². The molecule has 0 fully saturated rings. The van der Waals surface area contributed by atoms with Gasteiger partial charge in [0.2, 0.25) is 0 Å². The number of pyridine rings is 1. The Morgan fingerprint density at radius 3 is 2.89 bits per heavy atom. The topological polar surface area (TPSA) is 81.5 Å². The summed E-state index contributed by atoms with van der Waals surface area (Å²) in [6.45, 7) is 2.68. The molecule has 0 spiro atoms. The molecule has 0 radical (unpaired) electrons. The van der Waals surface area contributed by atoms with E-state index in [4.69, 9.17) is 9.47 Å². The number of anilines is 2. The Bertz CT molecular complexity index is 1060. The quantitative estimate of drug-likeness (QED) is 0.739. The number of fused-ring (bicyclic) bond motifs is 4. The van der Waals surface area contributed by atoms with Crippen molar-refractivity contribution in [3.8, 4) is 22.8 Å². The fourth-order valence-electron chi connectivity index (χ4n) is 3.47. The third kappa shape index (κ3) is 2.83. The van der Waals surface area contributed by atoms with Crippen LogP contribution in [0.2, 0.25) is 0 Å². The minimum absolute atomic E-state index is 0.218. The van der Waals surface area contributed by atoms with Crippen molar-refractivity contribution in [3.05, 3.63) is 48.5 Å². The monoisotopic (exact) mass is 377 g/mol. The average Bonchev–Trinajstić information content (AvgIpc) is 3.10. The molecule has 5 rings (SSSR count). The van der Waals surface area contributed by atoms with Crippen LogP contribution in [-0.4, -0.2) is 47.2 Å². The van der Waals surface area contributed by atoms with Crippen molar-refractivity contribution in [2.75, 3.05) is 37.0 Å². The molecule has 2 aromatic heterocycles. The number of likely N-dealkylation sites (N-methyl/N-ethyl adjacent to an activating group) is 1. The number of hydrogen-bond donors (Lipinski definition) is 1. The highest BCUT2D eigenvalue weighted by Gasteiger charge is 2.20. The van der Waals surface area contributed by atoms with Gasteiger partial charge in [0.15, 0.2) is 11.6 Å². The van der Waals surface area contributed by atoms with E-state index in [2.05, 4.69) is 15.3 Å². The maximum atomic E-state index is 12.8. The zero-order valence-electron chi connectivity index (χ0n) is 15.4. The van der Waals surface area contributed by atoms with E-state index in [1.54, 1.807) is 30.9 Å². The summed E-state index contributed by atoms with van der Waals surface area (Å²) >= 11 is 0. The Labute approximate surface area is 161 Å². The van der Waals surface area contributed by atoms with Crippen LogP contribution in [-0.2, 0) is 6.54 Å². The van der Waals surface area contributed by atoms with E-state index < -0.39 is 0 Å². The van der Waals surface area contributed by atoms with Gasteiger partial charge in [0.05, 0.1) is 43.2 Å². The van der Waals surface area contributed by atoms with Gasteiger partial charge in [0.25, 0.3) is 5.91 Å². The molecule has 0 aliphatic carbocycles. The number of nitrogens with one attached hydrogen (secondary N) is 1. The lowest BCUT2D eigenvalue weighted by molar-refractivity contribution is 0.102. The van der Waals surface area contributed by atoms with Crippen molar-refractivity contribution >= 4 is 17.4 Å². The van der Waals surface area contributed by atoms with Crippen LogP contribution in [0.4, 0.5) is 11.5 Å². The smallest absolute Gasteiger partial charge is 0.255 e. The van der Waals surface area contributed by atoms with Crippen molar-refractivity contribution in [1.29, 1.82) is 0 Å². The number of hydrogen-bond acceptors (Lipinski definition) is 6. The number of imidazole rings is 1. The van der Waals surface area contributed by atoms with E-state index in [0.29, 0.717) is 30.2 Å². The predicted molar refractivity (Wildman–Crippen MR) is 104 cm³/mol. The molecule has 1 N–H and O–H groups in total. The van der Waals surface area contributed by atoms with Crippen LogP contribution in [0, 0.1) is 0 Å². The summed E-state index contributed by atoms with van der Waals surface area (Å²) in [6, 6.07) is 7.23. The van der Waals surface area contributed by atoms with E-state index in [0.717, 1.165) is 35.9 Å². The van der Waals surface area contributed by atoms with Gasteiger partial charge in [0.1, 0.15) is 19.0 Å². The van der Waals surface area contributed by atoms with Gasteiger partial charge in [-0.1, -0.05) is 0 Å². The molecule has 2 aliphatic rings. The largest absolute Gasteiger partial charge is 0.491 e. The zero-order chi connectivity index (χ0) is 19.1. The number of carbonyl (C=O) groups excluding carboxylic acids is 1. The highest BCUT2D eigenvalue weighted by atomic mass is 16.5. The minimum atomic E-state index is -0.218. The molecule has 0 saturated carbocycles. The summed E-state index contributed by atoms with van der Waals surface area (Å²) in [5.41, 5.74) is 2.92. The highest BCUT2D eigenvalue weighted by Crippen LogP contribution is 2.34. The fourth-order valence-corrected chi connectivity index (χ4v) is 3.47. The minimum Gasteiger partial charge on any atom is -0.491 e. The Kier molecular flexibility index (Phi) is 3.89. The number of nitrogens with zero attached hydrogens (tertiary/aromatic N) is 4. The summed E-state index contributed by atoms with van der Waals surface area (Å²) < 4.78 is 13.5. The van der Waals surface area contributed by atoms with Crippen molar-refractivity contribution in [2.24, 2.45) is 0 Å². The Morgan fingerprint density at radius 2 is 1.96 bits per heavy atom. The van der Waals surface area contributed by atoms with Crippen LogP contribution in [0.3, 0.4) is 0 Å². The van der Waals surface area contributed by atoms with Crippen molar-refractivity contribution in [1.82, 2.24) is 14.5 Å². The number of amides is 1. The van der Waals surface area contributed by atoms with Gasteiger partial charge in [-0.2, -0.15) is 0 Å². The SMILES string of the molecule is CN1CCOc2cc(NC(=O)c3ccc4c(c3)-c3cncn3CCO4)cnc21. The van der Waals surface area contributed by atoms with Gasteiger partial charge in [-0.3, -0.25) is 4.79 Å². The average molecular weight is 377 g/mol. The first kappa shape index (κ1) is 16.6. The standard InChI is InChI=1S/C20H19N5O3/c1-24-4-6-28-18-9-14(10-22-19(18)24)23-20(26)13-2-3-17-15(8-13)16-11-21-12-25(16)5-7-27-17/h2-3,8-12H,4-7H2,1H3,(H,23,26). The number of carbonyl (C=O) groups is 1. The summed E-state index contributed by atoms with van der Waals surface area (Å²) in [5.74, 6) is 1.98. The summed E-state index contributed by atoms with van der Waals surface area (Å²) in [6.07, 6.45) is 5.20. The predicted octanol–water partition coefficient (Wildman–Crippen LogP) is 2.42. The third-order valence-corrected chi connectivity index (χ3v) is 4.96. The number of ether oxygens (including phenoxy) is 2. The second kappa shape index (κ2) is 6.56. The molecule has 1 amide bonds. The maximum Gasteiger partial charge on any atom is 0.255 e. The van der Waals surface area contributed by atoms with Crippen molar-refractivity contribution in [3.63, 3.8) is 0 Å². The molecular formula is C20H19N5O3. The molecule has 0 bridgehead atoms. The summed E-state index contributed by atoms with van der Waals surface area (Å²) in [5, 5.41) is 2.90. The Hall–Kier alpha value is -3.55. The highest BCUT2D eigenvalue weighted by molar-refractivity contribution is 6.05. The van der Waals surface area contributed by atoms with Crippen LogP contribution >= 0.6 is 0 Å². The molecule has 8 heteroatoms. The molecule has 0 atom stereocenters. The third-order valence-electron chi connectivity index (χ3n) is 4.96. The first-order valence-electron chi connectivity index (χ1n) is 9.12. The molecule has 0 saturated heterocycles. The summed E-state index contributed by atoms with van der Waals surface area (Å²) in [4.78, 5) is 23.5. The van der Waals surface area contributed by atoms with Crippen LogP contribution in [0.5, 0.6) is 11.5 Å². The summed E-state index contributed by atoms with van der Waals surface area (Å²) in [7, 11) is 1.97. The van der Waals surface area contributed by atoms with Crippen LogP contribution in [0.1, 0.15) is 10.4 Å². The fraction of sp³-hybridized carbons (Fsp3) is 0.250. The molecule has 0 unspecified atom stereocenters. The lowest BCUT2D eigenvalue weighted by Crippen LogP contribution is -2.29. The van der Waals surface area contributed by atoms with Gasteiger partial charge in [-0.25, -0.2) is 9.97 Å². The van der Waals surface area contributed by atoms with Gasteiger partial charge in [-0.05, 0) is 18.2 Å². The lowest BCUT2D eigenvalue weighted by Gasteiger charge is -2.26. The lowest BCUT2D eigenvalue weighted by atomic mass is 10.1. The molecule has 4 heterocycles. The molecule has 3 aromatic rings. The zero-order valence-corrected chi connectivity index (χ0v) is 15.4. The van der Waals surface area contributed by atoms with Crippen LogP contribution in [0.15, 0.2) is 43.0 Å². The Morgan fingerprint density at radius 1 is 1.11 bits per heavy atom. The van der Waals surface area contributed by atoms with Crippen molar-refractivity contribution < 1.29 is 14.3 Å². The molecule has 1 aromatic carbocycles. The van der Waals surface area contributed by atoms with E-state index >= 15 is 0 Å². The van der Waals surface area contributed by atoms with Crippen LogP contribution in [0.25, 0.3) is 11.3 Å². The number of benzene rings is 1. The second-order valence-corrected chi connectivity index (χ2v) is 6.80. The first-order chi connectivity index (χ1) is 13.7. The number of aromatic nitrogens is 3. The van der Waals surface area contributed by atoms with Gasteiger partial charge >= 0.3 is 0 Å². The molecule has 8 nitrogen and oxygen atoms in total. The van der Waals surface area contributed by atoms with Gasteiger partial charge < -0.3 is 24.3 Å². The van der Waals surface area contributed by atoms with E-state index in [1.165, 1.54) is 0 Å². The van der Waals surface area contributed by atoms with Crippen molar-refractivity contribution in [2.45, 2.75) is 6.54 Å². The second-order valence-electron chi connectivity index (χ2n) is 6.80. The molecule has 28 heavy (non-hydrogen) atoms. The number of rotatable bonds is 2. The van der Waals surface area contributed by atoms with E-state index in [9.17, 15) is 4.79 Å². The normalized spacial score (nSPS) is 14.7. The van der Waals surface area contributed by atoms with Crippen LogP contribution < -0.4 is 19.7 Å². The molecule has 2 aliphatic heterocycles. The molecular weight excluding hydrogens is 358 g/mol. The first-order valence-corrected chi connectivity index (χ1v) is 9.12. The maximum absolute atomic E-state index is 12.8. The van der Waals surface area contributed by atoms with Gasteiger partial charge in [-0.15, -0.1) is 0 Å².